The van der Waals surface area contributed by atoms with Gasteiger partial charge in [0.25, 0.3) is 0 Å². The molecule has 1 aliphatic heterocycles. The smallest absolute Gasteiger partial charge is 0.0714 e. The molecule has 1 saturated heterocycles. The fraction of sp³-hybridized carbons (Fsp3) is 1.00. The van der Waals surface area contributed by atoms with Crippen LogP contribution in [-0.4, -0.2) is 37.2 Å². The van der Waals surface area contributed by atoms with E-state index >= 15 is 0 Å². The van der Waals surface area contributed by atoms with Gasteiger partial charge in [-0.3, -0.25) is 0 Å². The SMILES string of the molecule is CCN1CCC(OCC(C)C)C1. The summed E-state index contributed by atoms with van der Waals surface area (Å²) in [6, 6.07) is 0. The number of likely N-dealkylation sites (N-methyl/N-ethyl adjacent to an activating group) is 1. The summed E-state index contributed by atoms with van der Waals surface area (Å²) < 4.78 is 5.75. The van der Waals surface area contributed by atoms with Gasteiger partial charge in [-0.2, -0.15) is 0 Å². The number of ether oxygens (including phenoxy) is 1. The molecular weight excluding hydrogens is 150 g/mol. The molecular formula is C10H21NO. The van der Waals surface area contributed by atoms with E-state index in [1.807, 2.05) is 0 Å². The average molecular weight is 171 g/mol. The van der Waals surface area contributed by atoms with E-state index in [1.54, 1.807) is 0 Å². The average Bonchev–Trinajstić information content (AvgIpc) is 2.48. The fourth-order valence-corrected chi connectivity index (χ4v) is 1.55. The van der Waals surface area contributed by atoms with Crippen molar-refractivity contribution in [1.82, 2.24) is 4.90 Å². The predicted molar refractivity (Wildman–Crippen MR) is 51.3 cm³/mol. The summed E-state index contributed by atoms with van der Waals surface area (Å²) in [4.78, 5) is 2.45. The Hall–Kier alpha value is -0.0800. The van der Waals surface area contributed by atoms with Crippen LogP contribution in [0.3, 0.4) is 0 Å². The maximum absolute atomic E-state index is 5.75. The van der Waals surface area contributed by atoms with Crippen LogP contribution in [0.5, 0.6) is 0 Å². The van der Waals surface area contributed by atoms with Crippen LogP contribution in [0.1, 0.15) is 27.2 Å². The molecule has 0 spiro atoms. The Morgan fingerprint density at radius 1 is 1.50 bits per heavy atom. The zero-order valence-corrected chi connectivity index (χ0v) is 8.55. The molecule has 0 amide bonds. The minimum Gasteiger partial charge on any atom is -0.377 e. The summed E-state index contributed by atoms with van der Waals surface area (Å²) in [5, 5.41) is 0. The van der Waals surface area contributed by atoms with E-state index in [1.165, 1.54) is 19.5 Å². The van der Waals surface area contributed by atoms with Crippen molar-refractivity contribution < 1.29 is 4.74 Å². The monoisotopic (exact) mass is 171 g/mol. The summed E-state index contributed by atoms with van der Waals surface area (Å²) in [7, 11) is 0. The summed E-state index contributed by atoms with van der Waals surface area (Å²) in [5.41, 5.74) is 0. The molecule has 0 aromatic rings. The largest absolute Gasteiger partial charge is 0.377 e. The third kappa shape index (κ3) is 3.11. The summed E-state index contributed by atoms with van der Waals surface area (Å²) in [5.74, 6) is 0.667. The number of nitrogens with zero attached hydrogens (tertiary/aromatic N) is 1. The molecule has 1 fully saturated rings. The summed E-state index contributed by atoms with van der Waals surface area (Å²) in [6.07, 6.45) is 1.73. The van der Waals surface area contributed by atoms with Gasteiger partial charge in [-0.25, -0.2) is 0 Å². The van der Waals surface area contributed by atoms with Crippen molar-refractivity contribution in [3.8, 4) is 0 Å². The normalized spacial score (nSPS) is 25.5. The van der Waals surface area contributed by atoms with Crippen molar-refractivity contribution in [2.24, 2.45) is 5.92 Å². The maximum Gasteiger partial charge on any atom is 0.0714 e. The Labute approximate surface area is 75.9 Å². The van der Waals surface area contributed by atoms with E-state index in [0.29, 0.717) is 12.0 Å². The third-order valence-corrected chi connectivity index (χ3v) is 2.34. The van der Waals surface area contributed by atoms with E-state index in [0.717, 1.165) is 13.2 Å². The van der Waals surface area contributed by atoms with Gasteiger partial charge in [0.1, 0.15) is 0 Å². The van der Waals surface area contributed by atoms with Crippen molar-refractivity contribution in [2.75, 3.05) is 26.2 Å². The Bertz CT molecular complexity index is 125. The van der Waals surface area contributed by atoms with Crippen LogP contribution in [0.4, 0.5) is 0 Å². The van der Waals surface area contributed by atoms with E-state index < -0.39 is 0 Å². The van der Waals surface area contributed by atoms with Gasteiger partial charge in [-0.05, 0) is 18.9 Å². The highest BCUT2D eigenvalue weighted by atomic mass is 16.5. The van der Waals surface area contributed by atoms with Crippen LogP contribution in [0.15, 0.2) is 0 Å². The lowest BCUT2D eigenvalue weighted by molar-refractivity contribution is 0.0421. The molecule has 0 N–H and O–H groups in total. The van der Waals surface area contributed by atoms with Gasteiger partial charge in [-0.15, -0.1) is 0 Å². The zero-order chi connectivity index (χ0) is 8.97. The second-order valence-electron chi connectivity index (χ2n) is 4.03. The molecule has 1 heterocycles. The molecule has 2 nitrogen and oxygen atoms in total. The number of rotatable bonds is 4. The molecule has 0 aromatic carbocycles. The van der Waals surface area contributed by atoms with Gasteiger partial charge in [0, 0.05) is 19.7 Å². The van der Waals surface area contributed by atoms with Crippen molar-refractivity contribution in [1.29, 1.82) is 0 Å². The quantitative estimate of drug-likeness (QED) is 0.639. The molecule has 1 atom stereocenters. The Morgan fingerprint density at radius 3 is 2.75 bits per heavy atom. The second-order valence-corrected chi connectivity index (χ2v) is 4.03. The zero-order valence-electron chi connectivity index (χ0n) is 8.55. The highest BCUT2D eigenvalue weighted by Crippen LogP contribution is 2.12. The highest BCUT2D eigenvalue weighted by molar-refractivity contribution is 4.74. The molecule has 0 saturated carbocycles. The second kappa shape index (κ2) is 4.83. The first kappa shape index (κ1) is 10.0. The minimum absolute atomic E-state index is 0.507. The molecule has 2 heteroatoms. The predicted octanol–water partition coefficient (Wildman–Crippen LogP) is 1.75. The third-order valence-electron chi connectivity index (χ3n) is 2.34. The fourth-order valence-electron chi connectivity index (χ4n) is 1.55. The molecule has 1 unspecified atom stereocenters. The Kier molecular flexibility index (Phi) is 4.02. The van der Waals surface area contributed by atoms with E-state index in [9.17, 15) is 0 Å². The first-order valence-corrected chi connectivity index (χ1v) is 5.06. The van der Waals surface area contributed by atoms with E-state index in [4.69, 9.17) is 4.74 Å². The first-order valence-electron chi connectivity index (χ1n) is 5.06. The van der Waals surface area contributed by atoms with Crippen LogP contribution < -0.4 is 0 Å². The molecule has 0 bridgehead atoms. The summed E-state index contributed by atoms with van der Waals surface area (Å²) >= 11 is 0. The lowest BCUT2D eigenvalue weighted by Crippen LogP contribution is -2.23. The lowest BCUT2D eigenvalue weighted by atomic mass is 10.2. The standard InChI is InChI=1S/C10H21NO/c1-4-11-6-5-10(7-11)12-8-9(2)3/h9-10H,4-8H2,1-3H3. The van der Waals surface area contributed by atoms with Gasteiger partial charge in [0.2, 0.25) is 0 Å². The van der Waals surface area contributed by atoms with Crippen molar-refractivity contribution in [3.63, 3.8) is 0 Å². The Balaban J connectivity index is 2.11. The maximum atomic E-state index is 5.75. The molecule has 0 aromatic heterocycles. The van der Waals surface area contributed by atoms with Crippen LogP contribution >= 0.6 is 0 Å². The van der Waals surface area contributed by atoms with Crippen molar-refractivity contribution in [3.05, 3.63) is 0 Å². The van der Waals surface area contributed by atoms with Crippen molar-refractivity contribution >= 4 is 0 Å². The molecule has 72 valence electrons. The Morgan fingerprint density at radius 2 is 2.25 bits per heavy atom. The minimum atomic E-state index is 0.507. The van der Waals surface area contributed by atoms with Gasteiger partial charge < -0.3 is 9.64 Å². The number of likely N-dealkylation sites (tertiary alicyclic amines) is 1. The van der Waals surface area contributed by atoms with E-state index in [-0.39, 0.29) is 0 Å². The topological polar surface area (TPSA) is 12.5 Å². The molecule has 1 rings (SSSR count). The van der Waals surface area contributed by atoms with Gasteiger partial charge in [0.15, 0.2) is 0 Å². The van der Waals surface area contributed by atoms with Gasteiger partial charge >= 0.3 is 0 Å². The van der Waals surface area contributed by atoms with Gasteiger partial charge in [-0.1, -0.05) is 20.8 Å². The van der Waals surface area contributed by atoms with Crippen LogP contribution in [-0.2, 0) is 4.74 Å². The highest BCUT2D eigenvalue weighted by Gasteiger charge is 2.21. The number of hydrogen-bond donors (Lipinski definition) is 0. The van der Waals surface area contributed by atoms with Crippen LogP contribution in [0, 0.1) is 5.92 Å². The van der Waals surface area contributed by atoms with Crippen LogP contribution in [0.25, 0.3) is 0 Å². The number of hydrogen-bond acceptors (Lipinski definition) is 2. The van der Waals surface area contributed by atoms with Crippen molar-refractivity contribution in [2.45, 2.75) is 33.3 Å². The molecule has 12 heavy (non-hydrogen) atoms. The van der Waals surface area contributed by atoms with Gasteiger partial charge in [0.05, 0.1) is 6.10 Å². The molecule has 0 radical (unpaired) electrons. The first-order chi connectivity index (χ1) is 5.72. The lowest BCUT2D eigenvalue weighted by Gasteiger charge is -2.14. The summed E-state index contributed by atoms with van der Waals surface area (Å²) in [6.45, 7) is 11.1. The van der Waals surface area contributed by atoms with E-state index in [2.05, 4.69) is 25.7 Å². The molecule has 1 aliphatic rings. The molecule has 0 aliphatic carbocycles. The van der Waals surface area contributed by atoms with Crippen LogP contribution in [0.2, 0.25) is 0 Å².